The molecule has 2 rings (SSSR count). The maximum atomic E-state index is 8.82. The number of likely N-dealkylation sites (tertiary alicyclic amines) is 1. The lowest BCUT2D eigenvalue weighted by Gasteiger charge is -2.34. The van der Waals surface area contributed by atoms with E-state index in [0.29, 0.717) is 30.1 Å². The summed E-state index contributed by atoms with van der Waals surface area (Å²) < 4.78 is 5.22. The number of nitrogens with zero attached hydrogens (tertiary/aromatic N) is 3. The van der Waals surface area contributed by atoms with E-state index in [-0.39, 0.29) is 6.61 Å². The molecule has 1 saturated heterocycles. The van der Waals surface area contributed by atoms with Crippen molar-refractivity contribution in [1.29, 1.82) is 0 Å². The maximum absolute atomic E-state index is 8.82. The first-order valence-electron chi connectivity index (χ1n) is 6.85. The molecule has 2 heterocycles. The molecule has 5 heteroatoms. The van der Waals surface area contributed by atoms with Crippen LogP contribution in [0.5, 0.6) is 0 Å². The highest BCUT2D eigenvalue weighted by molar-refractivity contribution is 4.90. The van der Waals surface area contributed by atoms with E-state index in [1.165, 1.54) is 19.4 Å². The molecule has 0 saturated carbocycles. The van der Waals surface area contributed by atoms with Gasteiger partial charge in [-0.25, -0.2) is 0 Å². The Morgan fingerprint density at radius 2 is 2.33 bits per heavy atom. The minimum atomic E-state index is 0.0729. The lowest BCUT2D eigenvalue weighted by Crippen LogP contribution is -2.40. The van der Waals surface area contributed by atoms with Crippen LogP contribution in [0.4, 0.5) is 0 Å². The van der Waals surface area contributed by atoms with Crippen molar-refractivity contribution < 1.29 is 9.63 Å². The minimum absolute atomic E-state index is 0.0729. The lowest BCUT2D eigenvalue weighted by atomic mass is 9.94. The van der Waals surface area contributed by atoms with Gasteiger partial charge in [-0.1, -0.05) is 5.16 Å². The van der Waals surface area contributed by atoms with Crippen LogP contribution in [0.3, 0.4) is 0 Å². The quantitative estimate of drug-likeness (QED) is 0.856. The highest BCUT2D eigenvalue weighted by Gasteiger charge is 2.23. The predicted molar refractivity (Wildman–Crippen MR) is 68.2 cm³/mol. The zero-order chi connectivity index (χ0) is 13.0. The molecule has 1 fully saturated rings. The maximum Gasteiger partial charge on any atom is 0.226 e. The number of aromatic nitrogens is 2. The van der Waals surface area contributed by atoms with Crippen molar-refractivity contribution in [3.05, 3.63) is 11.7 Å². The Hall–Kier alpha value is -0.940. The molecule has 1 unspecified atom stereocenters. The fourth-order valence-corrected chi connectivity index (χ4v) is 2.55. The van der Waals surface area contributed by atoms with Gasteiger partial charge in [-0.2, -0.15) is 4.98 Å². The van der Waals surface area contributed by atoms with Crippen molar-refractivity contribution >= 4 is 0 Å². The highest BCUT2D eigenvalue weighted by atomic mass is 16.5. The molecule has 102 valence electrons. The Balaban J connectivity index is 1.87. The van der Waals surface area contributed by atoms with E-state index in [1.54, 1.807) is 0 Å². The number of hydrogen-bond acceptors (Lipinski definition) is 5. The van der Waals surface area contributed by atoms with Crippen molar-refractivity contribution in [1.82, 2.24) is 15.0 Å². The molecule has 0 spiro atoms. The van der Waals surface area contributed by atoms with Crippen LogP contribution in [0.1, 0.15) is 38.4 Å². The summed E-state index contributed by atoms with van der Waals surface area (Å²) >= 11 is 0. The number of rotatable bonds is 5. The van der Waals surface area contributed by atoms with E-state index >= 15 is 0 Å². The van der Waals surface area contributed by atoms with Gasteiger partial charge in [-0.3, -0.25) is 0 Å². The van der Waals surface area contributed by atoms with Gasteiger partial charge in [-0.05, 0) is 39.2 Å². The molecule has 0 radical (unpaired) electrons. The molecule has 5 nitrogen and oxygen atoms in total. The number of hydrogen-bond donors (Lipinski definition) is 1. The van der Waals surface area contributed by atoms with Gasteiger partial charge < -0.3 is 14.5 Å². The molecule has 0 bridgehead atoms. The molecule has 1 aromatic rings. The van der Waals surface area contributed by atoms with E-state index in [2.05, 4.69) is 28.9 Å². The molecule has 1 N–H and O–H groups in total. The number of aliphatic hydroxyl groups is 1. The molecule has 0 aliphatic carbocycles. The van der Waals surface area contributed by atoms with Gasteiger partial charge in [0.2, 0.25) is 5.89 Å². The van der Waals surface area contributed by atoms with Crippen molar-refractivity contribution in [3.63, 3.8) is 0 Å². The van der Waals surface area contributed by atoms with Crippen LogP contribution in [0, 0.1) is 5.92 Å². The van der Waals surface area contributed by atoms with Crippen LogP contribution >= 0.6 is 0 Å². The summed E-state index contributed by atoms with van der Waals surface area (Å²) in [6, 6.07) is 0.612. The first kappa shape index (κ1) is 13.5. The van der Waals surface area contributed by atoms with Gasteiger partial charge in [0.1, 0.15) is 0 Å². The third-order valence-electron chi connectivity index (χ3n) is 3.59. The number of piperidine rings is 1. The summed E-state index contributed by atoms with van der Waals surface area (Å²) in [7, 11) is 0. The smallest absolute Gasteiger partial charge is 0.226 e. The van der Waals surface area contributed by atoms with Gasteiger partial charge >= 0.3 is 0 Å². The molecular formula is C13H23N3O2. The Labute approximate surface area is 108 Å². The molecule has 1 atom stereocenters. The van der Waals surface area contributed by atoms with Crippen LogP contribution in [0.2, 0.25) is 0 Å². The van der Waals surface area contributed by atoms with E-state index < -0.39 is 0 Å². The Morgan fingerprint density at radius 1 is 1.50 bits per heavy atom. The first-order chi connectivity index (χ1) is 8.69. The Kier molecular flexibility index (Phi) is 4.72. The summed E-state index contributed by atoms with van der Waals surface area (Å²) in [5.41, 5.74) is 0. The molecule has 18 heavy (non-hydrogen) atoms. The third kappa shape index (κ3) is 3.53. The second-order valence-corrected chi connectivity index (χ2v) is 5.38. The van der Waals surface area contributed by atoms with E-state index in [9.17, 15) is 0 Å². The fraction of sp³-hybridized carbons (Fsp3) is 0.846. The largest absolute Gasteiger partial charge is 0.396 e. The molecule has 0 amide bonds. The first-order valence-corrected chi connectivity index (χ1v) is 6.85. The van der Waals surface area contributed by atoms with Crippen LogP contribution in [-0.2, 0) is 12.8 Å². The average molecular weight is 253 g/mol. The van der Waals surface area contributed by atoms with Gasteiger partial charge in [0.05, 0.1) is 6.61 Å². The second-order valence-electron chi connectivity index (χ2n) is 5.38. The molecule has 1 aliphatic rings. The summed E-state index contributed by atoms with van der Waals surface area (Å²) in [5, 5.41) is 12.7. The minimum Gasteiger partial charge on any atom is -0.396 e. The second kappa shape index (κ2) is 6.29. The van der Waals surface area contributed by atoms with Gasteiger partial charge in [0.15, 0.2) is 5.82 Å². The Morgan fingerprint density at radius 3 is 3.06 bits per heavy atom. The third-order valence-corrected chi connectivity index (χ3v) is 3.59. The SMILES string of the molecule is CC(C)N1CCCC(Cc2nc(CCO)no2)C1. The zero-order valence-corrected chi connectivity index (χ0v) is 11.3. The van der Waals surface area contributed by atoms with Gasteiger partial charge in [0.25, 0.3) is 0 Å². The fourth-order valence-electron chi connectivity index (χ4n) is 2.55. The topological polar surface area (TPSA) is 62.4 Å². The monoisotopic (exact) mass is 253 g/mol. The van der Waals surface area contributed by atoms with E-state index in [1.807, 2.05) is 0 Å². The Bertz CT molecular complexity index is 365. The summed E-state index contributed by atoms with van der Waals surface area (Å²) in [5.74, 6) is 1.95. The highest BCUT2D eigenvalue weighted by Crippen LogP contribution is 2.21. The number of aliphatic hydroxyl groups excluding tert-OH is 1. The summed E-state index contributed by atoms with van der Waals surface area (Å²) in [6.45, 7) is 6.88. The molecule has 0 aromatic carbocycles. The molecule has 1 aromatic heterocycles. The van der Waals surface area contributed by atoms with Crippen molar-refractivity contribution in [2.24, 2.45) is 5.92 Å². The standard InChI is InChI=1S/C13H23N3O2/c1-10(2)16-6-3-4-11(9-16)8-13-14-12(5-7-17)15-18-13/h10-11,17H,3-9H2,1-2H3. The molecule has 1 aliphatic heterocycles. The summed E-state index contributed by atoms with van der Waals surface area (Å²) in [4.78, 5) is 6.82. The normalized spacial score (nSPS) is 21.7. The summed E-state index contributed by atoms with van der Waals surface area (Å²) in [6.07, 6.45) is 3.83. The average Bonchev–Trinajstić information content (AvgIpc) is 2.77. The van der Waals surface area contributed by atoms with E-state index in [4.69, 9.17) is 9.63 Å². The lowest BCUT2D eigenvalue weighted by molar-refractivity contribution is 0.135. The van der Waals surface area contributed by atoms with Crippen LogP contribution in [0.25, 0.3) is 0 Å². The van der Waals surface area contributed by atoms with Crippen molar-refractivity contribution in [3.8, 4) is 0 Å². The predicted octanol–water partition coefficient (Wildman–Crippen LogP) is 1.27. The van der Waals surface area contributed by atoms with Crippen LogP contribution < -0.4 is 0 Å². The van der Waals surface area contributed by atoms with Crippen LogP contribution in [0.15, 0.2) is 4.52 Å². The van der Waals surface area contributed by atoms with Crippen LogP contribution in [-0.4, -0.2) is 45.9 Å². The van der Waals surface area contributed by atoms with Crippen molar-refractivity contribution in [2.45, 2.75) is 45.6 Å². The van der Waals surface area contributed by atoms with E-state index in [0.717, 1.165) is 13.0 Å². The van der Waals surface area contributed by atoms with Gasteiger partial charge in [-0.15, -0.1) is 0 Å². The molecular weight excluding hydrogens is 230 g/mol. The zero-order valence-electron chi connectivity index (χ0n) is 11.3. The van der Waals surface area contributed by atoms with Crippen molar-refractivity contribution in [2.75, 3.05) is 19.7 Å². The van der Waals surface area contributed by atoms with Gasteiger partial charge in [0, 0.05) is 25.4 Å².